The Morgan fingerprint density at radius 3 is 2.54 bits per heavy atom. The lowest BCUT2D eigenvalue weighted by molar-refractivity contribution is -0.205. The van der Waals surface area contributed by atoms with Crippen LogP contribution >= 0.6 is 22.6 Å². The molecule has 6 nitrogen and oxygen atoms in total. The van der Waals surface area contributed by atoms with Crippen LogP contribution in [0.3, 0.4) is 0 Å². The largest absolute Gasteiger partial charge is 0.497 e. The summed E-state index contributed by atoms with van der Waals surface area (Å²) in [5, 5.41) is 2.04. The molecule has 3 fully saturated rings. The Labute approximate surface area is 221 Å². The highest BCUT2D eigenvalue weighted by molar-refractivity contribution is 14.1. The van der Waals surface area contributed by atoms with Crippen molar-refractivity contribution < 1.29 is 19.1 Å². The number of halogens is 1. The summed E-state index contributed by atoms with van der Waals surface area (Å²) < 4.78 is 11.8. The van der Waals surface area contributed by atoms with Crippen LogP contribution in [0.15, 0.2) is 42.5 Å². The van der Waals surface area contributed by atoms with E-state index in [2.05, 4.69) is 47.7 Å². The highest BCUT2D eigenvalue weighted by atomic mass is 127. The van der Waals surface area contributed by atoms with Gasteiger partial charge in [0.05, 0.1) is 20.3 Å². The molecule has 2 aliphatic heterocycles. The summed E-state index contributed by atoms with van der Waals surface area (Å²) in [5.41, 5.74) is 3.81. The van der Waals surface area contributed by atoms with E-state index in [-0.39, 0.29) is 23.7 Å². The van der Waals surface area contributed by atoms with Gasteiger partial charge >= 0.3 is 6.09 Å². The van der Waals surface area contributed by atoms with Crippen molar-refractivity contribution in [2.24, 2.45) is 17.3 Å². The number of rotatable bonds is 4. The molecule has 0 N–H and O–H groups in total. The lowest BCUT2D eigenvalue weighted by Crippen LogP contribution is -2.64. The van der Waals surface area contributed by atoms with E-state index in [9.17, 15) is 4.79 Å². The average molecular weight is 588 g/mol. The number of amides is 1. The minimum absolute atomic E-state index is 0.0421. The van der Waals surface area contributed by atoms with Crippen molar-refractivity contribution in [1.82, 2.24) is 5.06 Å². The molecule has 0 bridgehead atoms. The molecule has 186 valence electrons. The Kier molecular flexibility index (Phi) is 5.91. The third kappa shape index (κ3) is 3.56. The fourth-order valence-corrected chi connectivity index (χ4v) is 8.32. The van der Waals surface area contributed by atoms with Crippen LogP contribution in [-0.4, -0.2) is 42.0 Å². The first-order valence-corrected chi connectivity index (χ1v) is 14.2. The summed E-state index contributed by atoms with van der Waals surface area (Å²) in [4.78, 5) is 21.2. The molecule has 2 aromatic rings. The number of ether oxygens (including phenoxy) is 2. The Balaban J connectivity index is 1.38. The zero-order valence-electron chi connectivity index (χ0n) is 20.6. The first-order valence-electron chi connectivity index (χ1n) is 12.6. The molecule has 1 amide bonds. The smallest absolute Gasteiger partial charge is 0.435 e. The maximum atomic E-state index is 13.3. The summed E-state index contributed by atoms with van der Waals surface area (Å²) in [6.45, 7) is 2.41. The predicted molar refractivity (Wildman–Crippen MR) is 143 cm³/mol. The first-order chi connectivity index (χ1) is 17.0. The Hall–Kier alpha value is -2.00. The molecule has 35 heavy (non-hydrogen) atoms. The second-order valence-electron chi connectivity index (χ2n) is 10.7. The molecule has 4 aliphatic rings. The molecule has 2 heterocycles. The number of anilines is 1. The number of hydrogen-bond donors (Lipinski definition) is 0. The van der Waals surface area contributed by atoms with Crippen molar-refractivity contribution in [3.63, 3.8) is 0 Å². The SMILES string of the molecule is COc1ccc(N2C(=O)ON3[C@@H](CI)C[C@H]4[C@@H]5CCc6cc(OC)ccc6[C@H]5CC[C@]4(C)[C@H]23)cc1. The number of methoxy groups -OCH3 is 2. The van der Waals surface area contributed by atoms with E-state index in [4.69, 9.17) is 14.3 Å². The van der Waals surface area contributed by atoms with Crippen LogP contribution in [0.25, 0.3) is 0 Å². The summed E-state index contributed by atoms with van der Waals surface area (Å²) in [6.07, 6.45) is 5.22. The van der Waals surface area contributed by atoms with Crippen LogP contribution in [0.4, 0.5) is 10.5 Å². The normalized spacial score (nSPS) is 33.8. The Morgan fingerprint density at radius 2 is 1.83 bits per heavy atom. The van der Waals surface area contributed by atoms with Crippen LogP contribution in [0.5, 0.6) is 11.5 Å². The number of carbonyl (C=O) groups excluding carboxylic acids is 1. The zero-order chi connectivity index (χ0) is 24.3. The van der Waals surface area contributed by atoms with Gasteiger partial charge in [0, 0.05) is 15.5 Å². The molecule has 2 aliphatic carbocycles. The van der Waals surface area contributed by atoms with E-state index >= 15 is 0 Å². The van der Waals surface area contributed by atoms with Crippen molar-refractivity contribution in [2.45, 2.75) is 57.2 Å². The van der Waals surface area contributed by atoms with Gasteiger partial charge in [0.2, 0.25) is 0 Å². The third-order valence-corrected chi connectivity index (χ3v) is 10.3. The standard InChI is InChI=1S/C28H33IN2O4/c1-28-13-12-23-22-11-9-21(34-3)14-17(22)4-10-24(23)25(28)15-19(16-29)31-26(28)30(27(32)35-31)18-5-7-20(33-2)8-6-18/h5-9,11,14,19,23-26H,4,10,12-13,15-16H2,1-3H3/t19-,23-,24-,25+,26-,28+/m1/s1. The van der Waals surface area contributed by atoms with E-state index < -0.39 is 0 Å². The van der Waals surface area contributed by atoms with E-state index in [0.717, 1.165) is 47.3 Å². The van der Waals surface area contributed by atoms with Gasteiger partial charge in [0.1, 0.15) is 17.7 Å². The monoisotopic (exact) mass is 588 g/mol. The second-order valence-corrected chi connectivity index (χ2v) is 11.6. The highest BCUT2D eigenvalue weighted by Gasteiger charge is 2.63. The predicted octanol–water partition coefficient (Wildman–Crippen LogP) is 6.17. The molecular weight excluding hydrogens is 555 g/mol. The number of benzene rings is 2. The van der Waals surface area contributed by atoms with Crippen LogP contribution in [0.1, 0.15) is 49.7 Å². The third-order valence-electron chi connectivity index (χ3n) is 9.24. The molecule has 6 rings (SSSR count). The number of hydroxylamine groups is 2. The van der Waals surface area contributed by atoms with Gasteiger partial charge in [-0.15, -0.1) is 5.06 Å². The molecule has 0 radical (unpaired) electrons. The Bertz CT molecular complexity index is 1120. The molecule has 1 saturated carbocycles. The van der Waals surface area contributed by atoms with Crippen molar-refractivity contribution in [3.8, 4) is 11.5 Å². The quantitative estimate of drug-likeness (QED) is 0.316. The zero-order valence-corrected chi connectivity index (χ0v) is 22.7. The lowest BCUT2D eigenvalue weighted by Gasteiger charge is -2.59. The molecule has 2 saturated heterocycles. The molecule has 0 unspecified atom stereocenters. The topological polar surface area (TPSA) is 51.2 Å². The fourth-order valence-electron chi connectivity index (χ4n) is 7.57. The van der Waals surface area contributed by atoms with Gasteiger partial charge in [-0.05, 0) is 97.4 Å². The molecule has 0 aromatic heterocycles. The van der Waals surface area contributed by atoms with Gasteiger partial charge in [-0.2, -0.15) is 0 Å². The molecule has 2 aromatic carbocycles. The number of aryl methyl sites for hydroxylation is 1. The van der Waals surface area contributed by atoms with Gasteiger partial charge in [0.15, 0.2) is 0 Å². The number of piperidine rings is 1. The van der Waals surface area contributed by atoms with Crippen molar-refractivity contribution in [2.75, 3.05) is 23.5 Å². The lowest BCUT2D eigenvalue weighted by atomic mass is 9.51. The summed E-state index contributed by atoms with van der Waals surface area (Å²) in [6, 6.07) is 14.7. The molecular formula is C28H33IN2O4. The highest BCUT2D eigenvalue weighted by Crippen LogP contribution is 2.62. The minimum atomic E-state index is -0.264. The van der Waals surface area contributed by atoms with Gasteiger partial charge in [0.25, 0.3) is 0 Å². The van der Waals surface area contributed by atoms with Crippen molar-refractivity contribution >= 4 is 34.4 Å². The second kappa shape index (κ2) is 8.83. The molecule has 0 spiro atoms. The molecule has 6 atom stereocenters. The fraction of sp³-hybridized carbons (Fsp3) is 0.536. The van der Waals surface area contributed by atoms with Crippen LogP contribution in [-0.2, 0) is 11.3 Å². The maximum Gasteiger partial charge on any atom is 0.435 e. The van der Waals surface area contributed by atoms with Gasteiger partial charge < -0.3 is 14.3 Å². The number of carbonyl (C=O) groups is 1. The summed E-state index contributed by atoms with van der Waals surface area (Å²) in [7, 11) is 3.41. The van der Waals surface area contributed by atoms with E-state index in [0.29, 0.717) is 17.8 Å². The van der Waals surface area contributed by atoms with E-state index in [1.807, 2.05) is 34.2 Å². The summed E-state index contributed by atoms with van der Waals surface area (Å²) in [5.74, 6) is 3.48. The van der Waals surface area contributed by atoms with Crippen molar-refractivity contribution in [3.05, 3.63) is 53.6 Å². The summed E-state index contributed by atoms with van der Waals surface area (Å²) >= 11 is 2.46. The van der Waals surface area contributed by atoms with Crippen LogP contribution in [0.2, 0.25) is 0 Å². The van der Waals surface area contributed by atoms with E-state index in [1.165, 1.54) is 17.5 Å². The van der Waals surface area contributed by atoms with Gasteiger partial charge in [-0.3, -0.25) is 4.90 Å². The number of hydrogen-bond acceptors (Lipinski definition) is 5. The average Bonchev–Trinajstić information content (AvgIpc) is 3.25. The first kappa shape index (κ1) is 23.4. The van der Waals surface area contributed by atoms with Crippen LogP contribution in [0, 0.1) is 17.3 Å². The Morgan fingerprint density at radius 1 is 1.09 bits per heavy atom. The maximum absolute atomic E-state index is 13.3. The van der Waals surface area contributed by atoms with Crippen molar-refractivity contribution in [1.29, 1.82) is 0 Å². The van der Waals surface area contributed by atoms with E-state index in [1.54, 1.807) is 14.2 Å². The van der Waals surface area contributed by atoms with Crippen LogP contribution < -0.4 is 14.4 Å². The van der Waals surface area contributed by atoms with Gasteiger partial charge in [-0.1, -0.05) is 35.6 Å². The minimum Gasteiger partial charge on any atom is -0.497 e. The molecule has 7 heteroatoms. The number of fused-ring (bicyclic) bond motifs is 7. The number of alkyl halides is 1. The van der Waals surface area contributed by atoms with Gasteiger partial charge in [-0.25, -0.2) is 4.79 Å². The number of nitrogens with zero attached hydrogens (tertiary/aromatic N) is 2.